The Morgan fingerprint density at radius 2 is 2.15 bits per heavy atom. The summed E-state index contributed by atoms with van der Waals surface area (Å²) in [5, 5.41) is 0. The van der Waals surface area contributed by atoms with Crippen LogP contribution in [0.3, 0.4) is 0 Å². The Morgan fingerprint density at radius 3 is 2.90 bits per heavy atom. The largest absolute Gasteiger partial charge is 0.376 e. The van der Waals surface area contributed by atoms with Crippen molar-refractivity contribution in [3.8, 4) is 0 Å². The highest BCUT2D eigenvalue weighted by molar-refractivity contribution is 5.55. The number of benzene rings is 1. The molecule has 0 aliphatic carbocycles. The molecule has 0 bridgehead atoms. The Morgan fingerprint density at radius 1 is 1.35 bits per heavy atom. The van der Waals surface area contributed by atoms with Gasteiger partial charge in [-0.3, -0.25) is 0 Å². The molecule has 3 heteroatoms. The standard InChI is InChI=1S/C17H28N2O/c1-3-12-20-14-8-7-11-19(13-14)17-10-6-5-9-15(17)16(18)4-2/h5-6,9-10,14,16H,3-4,7-8,11-13,18H2,1-2H3/t14?,16-/m0/s1. The van der Waals surface area contributed by atoms with Crippen molar-refractivity contribution in [2.75, 3.05) is 24.6 Å². The minimum absolute atomic E-state index is 0.128. The van der Waals surface area contributed by atoms with Crippen LogP contribution in [0, 0.1) is 0 Å². The van der Waals surface area contributed by atoms with E-state index in [2.05, 4.69) is 43.0 Å². The number of ether oxygens (including phenoxy) is 1. The minimum Gasteiger partial charge on any atom is -0.376 e. The highest BCUT2D eigenvalue weighted by atomic mass is 16.5. The van der Waals surface area contributed by atoms with Gasteiger partial charge in [0.2, 0.25) is 0 Å². The number of piperidine rings is 1. The van der Waals surface area contributed by atoms with Gasteiger partial charge in [-0.15, -0.1) is 0 Å². The zero-order valence-electron chi connectivity index (χ0n) is 12.8. The molecule has 1 aliphatic rings. The Labute approximate surface area is 123 Å². The second-order valence-electron chi connectivity index (χ2n) is 5.65. The third-order valence-electron chi connectivity index (χ3n) is 4.05. The van der Waals surface area contributed by atoms with Crippen LogP contribution in [0.4, 0.5) is 5.69 Å². The predicted octanol–water partition coefficient (Wildman–Crippen LogP) is 3.49. The summed E-state index contributed by atoms with van der Waals surface area (Å²) in [6.07, 6.45) is 4.81. The SMILES string of the molecule is CCCOC1CCCN(c2ccccc2[C@@H](N)CC)C1. The van der Waals surface area contributed by atoms with Gasteiger partial charge in [0, 0.05) is 31.4 Å². The summed E-state index contributed by atoms with van der Waals surface area (Å²) < 4.78 is 5.94. The van der Waals surface area contributed by atoms with Crippen LogP contribution < -0.4 is 10.6 Å². The molecule has 1 fully saturated rings. The fourth-order valence-corrected chi connectivity index (χ4v) is 2.89. The highest BCUT2D eigenvalue weighted by Crippen LogP contribution is 2.29. The van der Waals surface area contributed by atoms with Crippen molar-refractivity contribution in [1.29, 1.82) is 0 Å². The highest BCUT2D eigenvalue weighted by Gasteiger charge is 2.23. The van der Waals surface area contributed by atoms with Crippen molar-refractivity contribution >= 4 is 5.69 Å². The molecule has 0 aromatic heterocycles. The van der Waals surface area contributed by atoms with Crippen LogP contribution in [0.15, 0.2) is 24.3 Å². The predicted molar refractivity (Wildman–Crippen MR) is 85.1 cm³/mol. The Kier molecular flexibility index (Phi) is 5.86. The molecule has 3 nitrogen and oxygen atoms in total. The van der Waals surface area contributed by atoms with Crippen LogP contribution in [-0.4, -0.2) is 25.8 Å². The summed E-state index contributed by atoms with van der Waals surface area (Å²) in [5.41, 5.74) is 8.83. The topological polar surface area (TPSA) is 38.5 Å². The van der Waals surface area contributed by atoms with Crippen LogP contribution in [0.1, 0.15) is 51.1 Å². The van der Waals surface area contributed by atoms with Gasteiger partial charge in [0.25, 0.3) is 0 Å². The molecule has 0 saturated carbocycles. The van der Waals surface area contributed by atoms with Gasteiger partial charge in [-0.25, -0.2) is 0 Å². The molecule has 1 aromatic rings. The first kappa shape index (κ1) is 15.3. The zero-order chi connectivity index (χ0) is 14.4. The summed E-state index contributed by atoms with van der Waals surface area (Å²) in [5.74, 6) is 0. The molecule has 1 unspecified atom stereocenters. The molecule has 1 aromatic carbocycles. The molecule has 2 N–H and O–H groups in total. The molecule has 112 valence electrons. The molecule has 1 aliphatic heterocycles. The molecule has 1 saturated heterocycles. The van der Waals surface area contributed by atoms with Crippen molar-refractivity contribution < 1.29 is 4.74 Å². The van der Waals surface area contributed by atoms with Crippen LogP contribution in [0.5, 0.6) is 0 Å². The molecule has 1 heterocycles. The Balaban J connectivity index is 2.10. The van der Waals surface area contributed by atoms with Gasteiger partial charge in [0.1, 0.15) is 0 Å². The molecule has 0 spiro atoms. The van der Waals surface area contributed by atoms with Gasteiger partial charge in [-0.05, 0) is 37.3 Å². The smallest absolute Gasteiger partial charge is 0.0750 e. The average Bonchev–Trinajstić information content (AvgIpc) is 2.52. The van der Waals surface area contributed by atoms with E-state index in [1.807, 2.05) is 0 Å². The van der Waals surface area contributed by atoms with E-state index < -0.39 is 0 Å². The van der Waals surface area contributed by atoms with E-state index in [-0.39, 0.29) is 6.04 Å². The van der Waals surface area contributed by atoms with Gasteiger partial charge in [-0.2, -0.15) is 0 Å². The summed E-state index contributed by atoms with van der Waals surface area (Å²) >= 11 is 0. The van der Waals surface area contributed by atoms with Crippen molar-refractivity contribution in [1.82, 2.24) is 0 Å². The van der Waals surface area contributed by atoms with E-state index in [9.17, 15) is 0 Å². The van der Waals surface area contributed by atoms with E-state index in [1.54, 1.807) is 0 Å². The molecule has 0 amide bonds. The third-order valence-corrected chi connectivity index (χ3v) is 4.05. The van der Waals surface area contributed by atoms with Crippen molar-refractivity contribution in [3.63, 3.8) is 0 Å². The maximum absolute atomic E-state index is 6.26. The first-order valence-electron chi connectivity index (χ1n) is 7.97. The molecule has 2 rings (SSSR count). The summed E-state index contributed by atoms with van der Waals surface area (Å²) in [6, 6.07) is 8.69. The number of rotatable bonds is 6. The lowest BCUT2D eigenvalue weighted by molar-refractivity contribution is 0.0440. The number of anilines is 1. The first-order chi connectivity index (χ1) is 9.76. The average molecular weight is 276 g/mol. The summed E-state index contributed by atoms with van der Waals surface area (Å²) in [4.78, 5) is 2.45. The van der Waals surface area contributed by atoms with Crippen molar-refractivity contribution in [2.45, 2.75) is 51.7 Å². The maximum Gasteiger partial charge on any atom is 0.0750 e. The second kappa shape index (κ2) is 7.65. The van der Waals surface area contributed by atoms with Gasteiger partial charge in [0.05, 0.1) is 6.10 Å². The summed E-state index contributed by atoms with van der Waals surface area (Å²) in [7, 11) is 0. The first-order valence-corrected chi connectivity index (χ1v) is 7.97. The van der Waals surface area contributed by atoms with Gasteiger partial charge in [0.15, 0.2) is 0 Å². The maximum atomic E-state index is 6.26. The van der Waals surface area contributed by atoms with Crippen molar-refractivity contribution in [2.24, 2.45) is 5.73 Å². The molecule has 2 atom stereocenters. The monoisotopic (exact) mass is 276 g/mol. The number of nitrogens with zero attached hydrogens (tertiary/aromatic N) is 1. The van der Waals surface area contributed by atoms with E-state index in [1.165, 1.54) is 24.1 Å². The number of nitrogens with two attached hydrogens (primary N) is 1. The lowest BCUT2D eigenvalue weighted by Crippen LogP contribution is -2.40. The third kappa shape index (κ3) is 3.74. The minimum atomic E-state index is 0.128. The van der Waals surface area contributed by atoms with Crippen LogP contribution in [-0.2, 0) is 4.74 Å². The van der Waals surface area contributed by atoms with E-state index in [4.69, 9.17) is 10.5 Å². The van der Waals surface area contributed by atoms with Crippen LogP contribution in [0.25, 0.3) is 0 Å². The van der Waals surface area contributed by atoms with Crippen LogP contribution in [0.2, 0.25) is 0 Å². The van der Waals surface area contributed by atoms with E-state index >= 15 is 0 Å². The lowest BCUT2D eigenvalue weighted by atomic mass is 10.00. The van der Waals surface area contributed by atoms with E-state index in [0.29, 0.717) is 6.10 Å². The molecule has 0 radical (unpaired) electrons. The van der Waals surface area contributed by atoms with Gasteiger partial charge < -0.3 is 15.4 Å². The molecular formula is C17H28N2O. The quantitative estimate of drug-likeness (QED) is 0.864. The van der Waals surface area contributed by atoms with Crippen LogP contribution >= 0.6 is 0 Å². The van der Waals surface area contributed by atoms with Gasteiger partial charge >= 0.3 is 0 Å². The fraction of sp³-hybridized carbons (Fsp3) is 0.647. The van der Waals surface area contributed by atoms with Crippen molar-refractivity contribution in [3.05, 3.63) is 29.8 Å². The zero-order valence-corrected chi connectivity index (χ0v) is 12.8. The van der Waals surface area contributed by atoms with E-state index in [0.717, 1.165) is 32.5 Å². The normalized spacial score (nSPS) is 20.9. The Hall–Kier alpha value is -1.06. The van der Waals surface area contributed by atoms with Gasteiger partial charge in [-0.1, -0.05) is 32.0 Å². The Bertz CT molecular complexity index is 408. The lowest BCUT2D eigenvalue weighted by Gasteiger charge is -2.36. The fourth-order valence-electron chi connectivity index (χ4n) is 2.89. The summed E-state index contributed by atoms with van der Waals surface area (Å²) in [6.45, 7) is 7.28. The molecule has 20 heavy (non-hydrogen) atoms. The number of hydrogen-bond acceptors (Lipinski definition) is 3. The number of para-hydroxylation sites is 1. The second-order valence-corrected chi connectivity index (χ2v) is 5.65. The number of hydrogen-bond donors (Lipinski definition) is 1. The molecular weight excluding hydrogens is 248 g/mol.